The Labute approximate surface area is 129 Å². The topological polar surface area (TPSA) is 76.2 Å². The van der Waals surface area contributed by atoms with Crippen LogP contribution in [-0.2, 0) is 14.3 Å². The highest BCUT2D eigenvalue weighted by Crippen LogP contribution is 2.35. The SMILES string of the molecule is COCCOCC(=O)Nc1ccc2nc(C3CCC3)[nH]c2c1. The van der Waals surface area contributed by atoms with E-state index >= 15 is 0 Å². The van der Waals surface area contributed by atoms with Crippen molar-refractivity contribution in [2.24, 2.45) is 0 Å². The van der Waals surface area contributed by atoms with Crippen LogP contribution < -0.4 is 5.32 Å². The number of rotatable bonds is 7. The first-order valence-corrected chi connectivity index (χ1v) is 7.62. The lowest BCUT2D eigenvalue weighted by molar-refractivity contribution is -0.121. The van der Waals surface area contributed by atoms with Crippen LogP contribution in [0.1, 0.15) is 31.0 Å². The summed E-state index contributed by atoms with van der Waals surface area (Å²) in [4.78, 5) is 19.8. The highest BCUT2D eigenvalue weighted by molar-refractivity contribution is 5.93. The third kappa shape index (κ3) is 3.45. The van der Waals surface area contributed by atoms with Crippen LogP contribution in [0.25, 0.3) is 11.0 Å². The number of benzene rings is 1. The standard InChI is InChI=1S/C16H21N3O3/c1-21-7-8-22-10-15(20)17-12-5-6-13-14(9-12)19-16(18-13)11-3-2-4-11/h5-6,9,11H,2-4,7-8,10H2,1H3,(H,17,20)(H,18,19). The molecule has 2 N–H and O–H groups in total. The number of H-pyrrole nitrogens is 1. The number of nitrogens with one attached hydrogen (secondary N) is 2. The number of fused-ring (bicyclic) bond motifs is 1. The molecule has 0 saturated heterocycles. The number of ether oxygens (including phenoxy) is 2. The summed E-state index contributed by atoms with van der Waals surface area (Å²) in [6.45, 7) is 0.920. The van der Waals surface area contributed by atoms with Gasteiger partial charge in [-0.3, -0.25) is 4.79 Å². The summed E-state index contributed by atoms with van der Waals surface area (Å²) >= 11 is 0. The summed E-state index contributed by atoms with van der Waals surface area (Å²) in [6.07, 6.45) is 3.70. The van der Waals surface area contributed by atoms with Crippen molar-refractivity contribution >= 4 is 22.6 Å². The molecule has 1 aliphatic rings. The molecule has 1 heterocycles. The summed E-state index contributed by atoms with van der Waals surface area (Å²) in [6, 6.07) is 5.70. The predicted molar refractivity (Wildman–Crippen MR) is 84.0 cm³/mol. The fourth-order valence-electron chi connectivity index (χ4n) is 2.49. The first-order chi connectivity index (χ1) is 10.8. The van der Waals surface area contributed by atoms with Crippen LogP contribution in [-0.4, -0.2) is 42.8 Å². The molecule has 0 atom stereocenters. The van der Waals surface area contributed by atoms with Gasteiger partial charge in [-0.2, -0.15) is 0 Å². The summed E-state index contributed by atoms with van der Waals surface area (Å²) in [7, 11) is 1.60. The Morgan fingerprint density at radius 2 is 2.27 bits per heavy atom. The maximum Gasteiger partial charge on any atom is 0.250 e. The van der Waals surface area contributed by atoms with E-state index in [9.17, 15) is 4.79 Å². The Bertz CT molecular complexity index is 649. The van der Waals surface area contributed by atoms with Crippen LogP contribution in [0.2, 0.25) is 0 Å². The summed E-state index contributed by atoms with van der Waals surface area (Å²) < 4.78 is 10.1. The molecule has 6 nitrogen and oxygen atoms in total. The summed E-state index contributed by atoms with van der Waals surface area (Å²) in [5.74, 6) is 1.46. The van der Waals surface area contributed by atoms with Gasteiger partial charge in [-0.15, -0.1) is 0 Å². The molecule has 1 aromatic carbocycles. The van der Waals surface area contributed by atoms with Crippen LogP contribution >= 0.6 is 0 Å². The predicted octanol–water partition coefficient (Wildman–Crippen LogP) is 2.43. The number of anilines is 1. The maximum absolute atomic E-state index is 11.8. The number of imidazole rings is 1. The number of aromatic amines is 1. The number of amides is 1. The second kappa shape index (κ2) is 6.89. The zero-order valence-electron chi connectivity index (χ0n) is 12.7. The molecule has 2 aromatic rings. The van der Waals surface area contributed by atoms with Gasteiger partial charge in [0.05, 0.1) is 24.2 Å². The molecule has 3 rings (SSSR count). The number of hydrogen-bond acceptors (Lipinski definition) is 4. The molecule has 0 spiro atoms. The summed E-state index contributed by atoms with van der Waals surface area (Å²) in [5, 5.41) is 2.82. The fourth-order valence-corrected chi connectivity index (χ4v) is 2.49. The molecule has 22 heavy (non-hydrogen) atoms. The lowest BCUT2D eigenvalue weighted by Gasteiger charge is -2.22. The van der Waals surface area contributed by atoms with E-state index < -0.39 is 0 Å². The lowest BCUT2D eigenvalue weighted by Crippen LogP contribution is -2.19. The van der Waals surface area contributed by atoms with Gasteiger partial charge in [0.1, 0.15) is 12.4 Å². The number of nitrogens with zero attached hydrogens (tertiary/aromatic N) is 1. The third-order valence-electron chi connectivity index (χ3n) is 3.94. The van der Waals surface area contributed by atoms with Crippen molar-refractivity contribution in [1.82, 2.24) is 9.97 Å². The van der Waals surface area contributed by atoms with Gasteiger partial charge in [0, 0.05) is 18.7 Å². The van der Waals surface area contributed by atoms with Crippen molar-refractivity contribution in [1.29, 1.82) is 0 Å². The van der Waals surface area contributed by atoms with Crippen molar-refractivity contribution in [2.75, 3.05) is 32.2 Å². The van der Waals surface area contributed by atoms with Gasteiger partial charge in [-0.05, 0) is 31.0 Å². The molecule has 0 aliphatic heterocycles. The van der Waals surface area contributed by atoms with Crippen molar-refractivity contribution in [3.8, 4) is 0 Å². The maximum atomic E-state index is 11.8. The van der Waals surface area contributed by atoms with E-state index in [4.69, 9.17) is 9.47 Å². The number of methoxy groups -OCH3 is 1. The molecule has 6 heteroatoms. The average Bonchev–Trinajstić information content (AvgIpc) is 2.84. The molecular formula is C16H21N3O3. The largest absolute Gasteiger partial charge is 0.382 e. The Hall–Kier alpha value is -1.92. The van der Waals surface area contributed by atoms with E-state index in [2.05, 4.69) is 15.3 Å². The smallest absolute Gasteiger partial charge is 0.250 e. The van der Waals surface area contributed by atoms with Gasteiger partial charge >= 0.3 is 0 Å². The normalized spacial score (nSPS) is 15.0. The molecule has 0 unspecified atom stereocenters. The molecule has 0 radical (unpaired) electrons. The number of aromatic nitrogens is 2. The second-order valence-corrected chi connectivity index (χ2v) is 5.58. The highest BCUT2D eigenvalue weighted by atomic mass is 16.5. The van der Waals surface area contributed by atoms with Gasteiger partial charge in [0.25, 0.3) is 0 Å². The van der Waals surface area contributed by atoms with Gasteiger partial charge in [-0.1, -0.05) is 6.42 Å². The van der Waals surface area contributed by atoms with Gasteiger partial charge in [-0.25, -0.2) is 4.98 Å². The third-order valence-corrected chi connectivity index (χ3v) is 3.94. The quantitative estimate of drug-likeness (QED) is 0.770. The van der Waals surface area contributed by atoms with E-state index in [-0.39, 0.29) is 12.5 Å². The zero-order valence-corrected chi connectivity index (χ0v) is 12.7. The minimum atomic E-state index is -0.172. The Balaban J connectivity index is 1.60. The van der Waals surface area contributed by atoms with Crippen molar-refractivity contribution < 1.29 is 14.3 Å². The monoisotopic (exact) mass is 303 g/mol. The summed E-state index contributed by atoms with van der Waals surface area (Å²) in [5.41, 5.74) is 2.65. The molecule has 1 fully saturated rings. The van der Waals surface area contributed by atoms with Gasteiger partial charge in [0.2, 0.25) is 5.91 Å². The van der Waals surface area contributed by atoms with Crippen molar-refractivity contribution in [3.63, 3.8) is 0 Å². The van der Waals surface area contributed by atoms with Gasteiger partial charge in [0.15, 0.2) is 0 Å². The van der Waals surface area contributed by atoms with E-state index in [1.54, 1.807) is 7.11 Å². The Morgan fingerprint density at radius 3 is 3.00 bits per heavy atom. The van der Waals surface area contributed by atoms with Crippen molar-refractivity contribution in [2.45, 2.75) is 25.2 Å². The minimum absolute atomic E-state index is 0.0255. The average molecular weight is 303 g/mol. The van der Waals surface area contributed by atoms with Crippen molar-refractivity contribution in [3.05, 3.63) is 24.0 Å². The Kier molecular flexibility index (Phi) is 4.70. The molecule has 118 valence electrons. The van der Waals surface area contributed by atoms with Gasteiger partial charge < -0.3 is 19.8 Å². The highest BCUT2D eigenvalue weighted by Gasteiger charge is 2.22. The van der Waals surface area contributed by atoms with E-state index in [1.165, 1.54) is 19.3 Å². The molecule has 1 amide bonds. The fraction of sp³-hybridized carbons (Fsp3) is 0.500. The first kappa shape index (κ1) is 15.0. The molecule has 1 aromatic heterocycles. The van der Waals surface area contributed by atoms with Crippen LogP contribution in [0.15, 0.2) is 18.2 Å². The lowest BCUT2D eigenvalue weighted by atomic mass is 9.85. The number of carbonyl (C=O) groups excluding carboxylic acids is 1. The number of hydrogen-bond donors (Lipinski definition) is 2. The second-order valence-electron chi connectivity index (χ2n) is 5.58. The molecule has 1 saturated carbocycles. The van der Waals surface area contributed by atoms with Crippen LogP contribution in [0.5, 0.6) is 0 Å². The van der Waals surface area contributed by atoms with E-state index in [0.717, 1.165) is 22.5 Å². The van der Waals surface area contributed by atoms with Crippen LogP contribution in [0.3, 0.4) is 0 Å². The van der Waals surface area contributed by atoms with E-state index in [0.29, 0.717) is 19.1 Å². The molecule has 0 bridgehead atoms. The Morgan fingerprint density at radius 1 is 1.41 bits per heavy atom. The minimum Gasteiger partial charge on any atom is -0.382 e. The first-order valence-electron chi connectivity index (χ1n) is 7.62. The molecule has 1 aliphatic carbocycles. The van der Waals surface area contributed by atoms with Crippen LogP contribution in [0, 0.1) is 0 Å². The van der Waals surface area contributed by atoms with Crippen LogP contribution in [0.4, 0.5) is 5.69 Å². The number of carbonyl (C=O) groups is 1. The zero-order chi connectivity index (χ0) is 15.4. The molecular weight excluding hydrogens is 282 g/mol. The van der Waals surface area contributed by atoms with E-state index in [1.807, 2.05) is 18.2 Å².